The van der Waals surface area contributed by atoms with E-state index in [4.69, 9.17) is 0 Å². The molecule has 0 unspecified atom stereocenters. The van der Waals surface area contributed by atoms with Gasteiger partial charge in [0, 0.05) is 16.9 Å². The molecule has 2 heterocycles. The number of carbonyl (C=O) groups excluding carboxylic acids is 1. The molecule has 2 aromatic rings. The molecule has 0 saturated carbocycles. The molecule has 0 aliphatic heterocycles. The van der Waals surface area contributed by atoms with Crippen molar-refractivity contribution in [3.8, 4) is 11.3 Å². The van der Waals surface area contributed by atoms with Gasteiger partial charge < -0.3 is 4.98 Å². The Labute approximate surface area is 79.2 Å². The minimum Gasteiger partial charge on any atom is -0.352 e. The molecule has 3 heteroatoms. The number of hydrogen-bond donors (Lipinski definition) is 1. The molecule has 0 atom stereocenters. The summed E-state index contributed by atoms with van der Waals surface area (Å²) in [6.45, 7) is 0. The summed E-state index contributed by atoms with van der Waals surface area (Å²) in [5, 5.41) is 2.09. The van der Waals surface area contributed by atoms with Gasteiger partial charge >= 0.3 is 0 Å². The zero-order chi connectivity index (χ0) is 8.84. The van der Waals surface area contributed by atoms with E-state index in [0.717, 1.165) is 18.4 Å². The van der Waals surface area contributed by atoms with Crippen LogP contribution >= 0.6 is 11.3 Å². The normalized spacial score (nSPS) is 12.6. The minimum absolute atomic E-state index is 0.682. The van der Waals surface area contributed by atoms with E-state index >= 15 is 0 Å². The fraction of sp³-hybridized carbons (Fsp3) is 0.100. The van der Waals surface area contributed by atoms with E-state index in [1.165, 1.54) is 16.0 Å². The van der Waals surface area contributed by atoms with Crippen LogP contribution in [0.2, 0.25) is 0 Å². The van der Waals surface area contributed by atoms with Crippen LogP contribution in [0.15, 0.2) is 17.5 Å². The molecule has 0 spiro atoms. The van der Waals surface area contributed by atoms with Crippen LogP contribution in [0.25, 0.3) is 11.3 Å². The second kappa shape index (κ2) is 2.33. The second-order valence-corrected chi connectivity index (χ2v) is 4.18. The smallest absolute Gasteiger partial charge is 0.166 e. The van der Waals surface area contributed by atoms with Crippen LogP contribution in [-0.4, -0.2) is 11.3 Å². The monoisotopic (exact) mass is 189 g/mol. The van der Waals surface area contributed by atoms with Crippen molar-refractivity contribution in [1.82, 2.24) is 4.98 Å². The predicted molar refractivity (Wildman–Crippen MR) is 52.3 cm³/mol. The lowest BCUT2D eigenvalue weighted by Gasteiger charge is -1.88. The number of carbonyl (C=O) groups is 1. The van der Waals surface area contributed by atoms with E-state index in [1.807, 2.05) is 6.07 Å². The fourth-order valence-corrected chi connectivity index (χ4v) is 2.74. The van der Waals surface area contributed by atoms with Crippen molar-refractivity contribution in [2.24, 2.45) is 0 Å². The Bertz CT molecular complexity index is 481. The molecule has 13 heavy (non-hydrogen) atoms. The molecule has 64 valence electrons. The third-order valence-electron chi connectivity index (χ3n) is 2.41. The average Bonchev–Trinajstić information content (AvgIpc) is 2.72. The topological polar surface area (TPSA) is 32.9 Å². The molecule has 3 rings (SSSR count). The number of aromatic nitrogens is 1. The maximum atomic E-state index is 10.5. The highest BCUT2D eigenvalue weighted by atomic mass is 32.1. The first kappa shape index (κ1) is 7.09. The lowest BCUT2D eigenvalue weighted by molar-refractivity contribution is 0.111. The molecule has 1 aliphatic carbocycles. The van der Waals surface area contributed by atoms with Gasteiger partial charge in [-0.3, -0.25) is 4.79 Å². The Kier molecular flexibility index (Phi) is 1.27. The molecular formula is C10H7NOS. The van der Waals surface area contributed by atoms with Crippen LogP contribution in [-0.2, 0) is 6.42 Å². The Morgan fingerprint density at radius 2 is 2.46 bits per heavy atom. The number of hydrogen-bond acceptors (Lipinski definition) is 2. The first-order valence-corrected chi connectivity index (χ1v) is 5.00. The van der Waals surface area contributed by atoms with Crippen LogP contribution < -0.4 is 0 Å². The van der Waals surface area contributed by atoms with E-state index in [0.29, 0.717) is 5.69 Å². The van der Waals surface area contributed by atoms with Crippen molar-refractivity contribution in [3.63, 3.8) is 0 Å². The number of rotatable bonds is 1. The molecule has 0 radical (unpaired) electrons. The van der Waals surface area contributed by atoms with Crippen molar-refractivity contribution >= 4 is 17.6 Å². The standard InChI is InChI=1S/C10H7NOS/c12-5-7-3-6-4-9-8(1-2-13-9)10(6)11-7/h1-3,5,11H,4H2. The number of H-pyrrole nitrogens is 1. The molecule has 0 saturated heterocycles. The van der Waals surface area contributed by atoms with Crippen molar-refractivity contribution in [1.29, 1.82) is 0 Å². The van der Waals surface area contributed by atoms with Crippen molar-refractivity contribution in [2.45, 2.75) is 6.42 Å². The van der Waals surface area contributed by atoms with Gasteiger partial charge in [0.25, 0.3) is 0 Å². The first-order valence-electron chi connectivity index (χ1n) is 4.12. The van der Waals surface area contributed by atoms with Gasteiger partial charge in [0.1, 0.15) is 0 Å². The fourth-order valence-electron chi connectivity index (χ4n) is 1.84. The van der Waals surface area contributed by atoms with Crippen molar-refractivity contribution < 1.29 is 4.79 Å². The van der Waals surface area contributed by atoms with Gasteiger partial charge in [-0.2, -0.15) is 0 Å². The van der Waals surface area contributed by atoms with Gasteiger partial charge in [-0.1, -0.05) is 0 Å². The molecule has 0 bridgehead atoms. The van der Waals surface area contributed by atoms with Crippen LogP contribution in [0.1, 0.15) is 20.9 Å². The summed E-state index contributed by atoms with van der Waals surface area (Å²) in [4.78, 5) is 15.1. The van der Waals surface area contributed by atoms with Crippen LogP contribution in [0, 0.1) is 0 Å². The van der Waals surface area contributed by atoms with Crippen molar-refractivity contribution in [2.75, 3.05) is 0 Å². The maximum absolute atomic E-state index is 10.5. The zero-order valence-electron chi connectivity index (χ0n) is 6.83. The Morgan fingerprint density at radius 3 is 3.31 bits per heavy atom. The largest absolute Gasteiger partial charge is 0.352 e. The molecule has 1 N–H and O–H groups in total. The summed E-state index contributed by atoms with van der Waals surface area (Å²) in [6.07, 6.45) is 1.84. The quantitative estimate of drug-likeness (QED) is 0.586. The van der Waals surface area contributed by atoms with Gasteiger partial charge in [-0.25, -0.2) is 0 Å². The van der Waals surface area contributed by atoms with Gasteiger partial charge in [-0.05, 0) is 23.1 Å². The number of aromatic amines is 1. The van der Waals surface area contributed by atoms with E-state index in [9.17, 15) is 4.79 Å². The number of thiophene rings is 1. The lowest BCUT2D eigenvalue weighted by atomic mass is 10.2. The summed E-state index contributed by atoms with van der Waals surface area (Å²) in [5.74, 6) is 0. The third kappa shape index (κ3) is 0.848. The van der Waals surface area contributed by atoms with Crippen LogP contribution in [0.5, 0.6) is 0 Å². The summed E-state index contributed by atoms with van der Waals surface area (Å²) in [7, 11) is 0. The Balaban J connectivity index is 2.25. The van der Waals surface area contributed by atoms with Gasteiger partial charge in [0.05, 0.1) is 11.4 Å². The maximum Gasteiger partial charge on any atom is 0.166 e. The van der Waals surface area contributed by atoms with E-state index < -0.39 is 0 Å². The molecule has 0 amide bonds. The second-order valence-electron chi connectivity index (χ2n) is 3.18. The summed E-state index contributed by atoms with van der Waals surface area (Å²) >= 11 is 1.78. The highest BCUT2D eigenvalue weighted by Gasteiger charge is 2.21. The molecule has 2 nitrogen and oxygen atoms in total. The van der Waals surface area contributed by atoms with Crippen molar-refractivity contribution in [3.05, 3.63) is 33.6 Å². The van der Waals surface area contributed by atoms with Crippen LogP contribution in [0.4, 0.5) is 0 Å². The molecule has 1 aliphatic rings. The van der Waals surface area contributed by atoms with E-state index in [-0.39, 0.29) is 0 Å². The number of nitrogens with one attached hydrogen (secondary N) is 1. The Morgan fingerprint density at radius 1 is 1.54 bits per heavy atom. The minimum atomic E-state index is 0.682. The third-order valence-corrected chi connectivity index (χ3v) is 3.33. The van der Waals surface area contributed by atoms with E-state index in [2.05, 4.69) is 16.4 Å². The Hall–Kier alpha value is -1.35. The van der Waals surface area contributed by atoms with E-state index in [1.54, 1.807) is 11.3 Å². The van der Waals surface area contributed by atoms with Gasteiger partial charge in [0.2, 0.25) is 0 Å². The average molecular weight is 189 g/mol. The molecular weight excluding hydrogens is 182 g/mol. The molecule has 0 aromatic carbocycles. The highest BCUT2D eigenvalue weighted by Crippen LogP contribution is 2.39. The van der Waals surface area contributed by atoms with Gasteiger partial charge in [0.15, 0.2) is 6.29 Å². The summed E-state index contributed by atoms with van der Waals surface area (Å²) in [5.41, 5.74) is 4.34. The zero-order valence-corrected chi connectivity index (χ0v) is 7.65. The lowest BCUT2D eigenvalue weighted by Crippen LogP contribution is -1.79. The summed E-state index contributed by atoms with van der Waals surface area (Å²) < 4.78 is 0. The molecule has 0 fully saturated rings. The highest BCUT2D eigenvalue weighted by molar-refractivity contribution is 7.10. The molecule has 2 aromatic heterocycles. The summed E-state index contributed by atoms with van der Waals surface area (Å²) in [6, 6.07) is 4.05. The number of fused-ring (bicyclic) bond motifs is 3. The SMILES string of the molecule is O=Cc1cc2c([nH]1)-c1ccsc1C2. The number of aldehydes is 1. The van der Waals surface area contributed by atoms with Gasteiger partial charge in [-0.15, -0.1) is 11.3 Å². The predicted octanol–water partition coefficient (Wildman–Crippen LogP) is 2.46. The van der Waals surface area contributed by atoms with Crippen LogP contribution in [0.3, 0.4) is 0 Å². The first-order chi connectivity index (χ1) is 6.38.